The van der Waals surface area contributed by atoms with Crippen molar-refractivity contribution in [3.63, 3.8) is 0 Å². The first kappa shape index (κ1) is 10.3. The minimum absolute atomic E-state index is 0.0321. The number of carbonyl (C=O) groups excluding carboxylic acids is 1. The summed E-state index contributed by atoms with van der Waals surface area (Å²) >= 11 is 1.73. The molecule has 1 aromatic rings. The van der Waals surface area contributed by atoms with E-state index in [1.54, 1.807) is 18.3 Å². The number of rotatable bonds is 3. The molecular formula is C10H15NOS. The van der Waals surface area contributed by atoms with E-state index in [4.69, 9.17) is 0 Å². The fraction of sp³-hybridized carbons (Fsp3) is 0.500. The van der Waals surface area contributed by atoms with Gasteiger partial charge in [0.05, 0.1) is 0 Å². The Hall–Kier alpha value is -0.830. The van der Waals surface area contributed by atoms with E-state index in [1.165, 1.54) is 4.88 Å². The molecular weight excluding hydrogens is 182 g/mol. The van der Waals surface area contributed by atoms with Crippen LogP contribution in [0.3, 0.4) is 0 Å². The third kappa shape index (κ3) is 2.84. The average molecular weight is 197 g/mol. The van der Waals surface area contributed by atoms with Crippen LogP contribution in [0.15, 0.2) is 17.5 Å². The van der Waals surface area contributed by atoms with Gasteiger partial charge < -0.3 is 5.32 Å². The van der Waals surface area contributed by atoms with E-state index in [-0.39, 0.29) is 11.3 Å². The number of hydrogen-bond acceptors (Lipinski definition) is 2. The number of thiophene rings is 1. The lowest BCUT2D eigenvalue weighted by Crippen LogP contribution is -2.34. The Balaban J connectivity index is 2.61. The summed E-state index contributed by atoms with van der Waals surface area (Å²) in [4.78, 5) is 12.1. The lowest BCUT2D eigenvalue weighted by Gasteiger charge is -2.23. The zero-order valence-electron chi connectivity index (χ0n) is 8.26. The van der Waals surface area contributed by atoms with Crippen LogP contribution >= 0.6 is 11.3 Å². The summed E-state index contributed by atoms with van der Waals surface area (Å²) in [7, 11) is 0. The van der Waals surface area contributed by atoms with Crippen LogP contribution in [-0.2, 0) is 10.2 Å². The average Bonchev–Trinajstić information content (AvgIpc) is 2.53. The smallest absolute Gasteiger partial charge is 0.216 e. The highest BCUT2D eigenvalue weighted by molar-refractivity contribution is 7.10. The van der Waals surface area contributed by atoms with Crippen LogP contribution in [0.2, 0.25) is 0 Å². The molecule has 0 spiro atoms. The predicted molar refractivity (Wildman–Crippen MR) is 56.0 cm³/mol. The topological polar surface area (TPSA) is 29.1 Å². The van der Waals surface area contributed by atoms with Crippen LogP contribution in [0.4, 0.5) is 0 Å². The Bertz CT molecular complexity index is 277. The summed E-state index contributed by atoms with van der Waals surface area (Å²) in [5, 5.41) is 4.90. The van der Waals surface area contributed by atoms with Crippen LogP contribution in [0, 0.1) is 0 Å². The zero-order valence-corrected chi connectivity index (χ0v) is 9.07. The third-order valence-electron chi connectivity index (χ3n) is 1.97. The fourth-order valence-corrected chi connectivity index (χ4v) is 1.95. The normalized spacial score (nSPS) is 11.3. The fourth-order valence-electron chi connectivity index (χ4n) is 1.10. The van der Waals surface area contributed by atoms with Gasteiger partial charge in [-0.1, -0.05) is 19.9 Å². The Morgan fingerprint density at radius 1 is 1.62 bits per heavy atom. The van der Waals surface area contributed by atoms with Gasteiger partial charge in [0.2, 0.25) is 5.91 Å². The van der Waals surface area contributed by atoms with E-state index in [1.807, 2.05) is 6.07 Å². The lowest BCUT2D eigenvalue weighted by atomic mass is 9.91. The Morgan fingerprint density at radius 2 is 2.31 bits per heavy atom. The summed E-state index contributed by atoms with van der Waals surface area (Å²) in [6.45, 7) is 6.51. The highest BCUT2D eigenvalue weighted by Crippen LogP contribution is 2.26. The molecule has 1 N–H and O–H groups in total. The van der Waals surface area contributed by atoms with Gasteiger partial charge >= 0.3 is 0 Å². The third-order valence-corrected chi connectivity index (χ3v) is 3.20. The molecule has 0 aliphatic heterocycles. The molecule has 0 saturated heterocycles. The molecule has 2 nitrogen and oxygen atoms in total. The van der Waals surface area contributed by atoms with Crippen molar-refractivity contribution in [2.24, 2.45) is 0 Å². The first-order valence-corrected chi connectivity index (χ1v) is 5.19. The van der Waals surface area contributed by atoms with Gasteiger partial charge in [0.1, 0.15) is 0 Å². The van der Waals surface area contributed by atoms with Gasteiger partial charge in [-0.15, -0.1) is 11.3 Å². The maximum Gasteiger partial charge on any atom is 0.216 e. The van der Waals surface area contributed by atoms with Crippen molar-refractivity contribution < 1.29 is 4.79 Å². The monoisotopic (exact) mass is 197 g/mol. The second-order valence-electron chi connectivity index (χ2n) is 3.77. The summed E-state index contributed by atoms with van der Waals surface area (Å²) in [6, 6.07) is 4.14. The summed E-state index contributed by atoms with van der Waals surface area (Å²) in [5.41, 5.74) is 0.0415. The van der Waals surface area contributed by atoms with Crippen molar-refractivity contribution in [1.29, 1.82) is 0 Å². The van der Waals surface area contributed by atoms with Crippen molar-refractivity contribution >= 4 is 17.2 Å². The first-order chi connectivity index (χ1) is 6.02. The van der Waals surface area contributed by atoms with Crippen LogP contribution in [0.1, 0.15) is 25.6 Å². The molecule has 0 aromatic carbocycles. The van der Waals surface area contributed by atoms with Crippen molar-refractivity contribution in [3.05, 3.63) is 22.4 Å². The molecule has 1 aromatic heterocycles. The molecule has 0 aliphatic rings. The van der Waals surface area contributed by atoms with Crippen LogP contribution < -0.4 is 5.32 Å². The van der Waals surface area contributed by atoms with Gasteiger partial charge in [0.15, 0.2) is 0 Å². The molecule has 1 amide bonds. The molecule has 3 heteroatoms. The van der Waals surface area contributed by atoms with Gasteiger partial charge in [-0.25, -0.2) is 0 Å². The molecule has 0 fully saturated rings. The molecule has 72 valence electrons. The van der Waals surface area contributed by atoms with Gasteiger partial charge in [0, 0.05) is 23.8 Å². The maximum absolute atomic E-state index is 10.8. The Morgan fingerprint density at radius 3 is 2.77 bits per heavy atom. The van der Waals surface area contributed by atoms with E-state index in [0.29, 0.717) is 6.54 Å². The number of carbonyl (C=O) groups is 1. The van der Waals surface area contributed by atoms with Gasteiger partial charge in [-0.2, -0.15) is 0 Å². The molecule has 1 rings (SSSR count). The van der Waals surface area contributed by atoms with E-state index in [2.05, 4.69) is 30.6 Å². The number of amides is 1. The van der Waals surface area contributed by atoms with Crippen molar-refractivity contribution in [1.82, 2.24) is 5.32 Å². The zero-order chi connectivity index (χ0) is 9.90. The van der Waals surface area contributed by atoms with Crippen LogP contribution in [-0.4, -0.2) is 12.5 Å². The van der Waals surface area contributed by atoms with Crippen LogP contribution in [0.5, 0.6) is 0 Å². The quantitative estimate of drug-likeness (QED) is 0.790. The van der Waals surface area contributed by atoms with Gasteiger partial charge in [0.25, 0.3) is 0 Å². The molecule has 0 atom stereocenters. The predicted octanol–water partition coefficient (Wildman–Crippen LogP) is 2.16. The molecule has 0 unspecified atom stereocenters. The highest BCUT2D eigenvalue weighted by Gasteiger charge is 2.21. The molecule has 0 bridgehead atoms. The largest absolute Gasteiger partial charge is 0.355 e. The SMILES string of the molecule is CC(=O)NCC(C)(C)c1cccs1. The van der Waals surface area contributed by atoms with Crippen molar-refractivity contribution in [3.8, 4) is 0 Å². The first-order valence-electron chi connectivity index (χ1n) is 4.31. The molecule has 0 aliphatic carbocycles. The number of nitrogens with one attached hydrogen (secondary N) is 1. The second-order valence-corrected chi connectivity index (χ2v) is 4.72. The lowest BCUT2D eigenvalue weighted by molar-refractivity contribution is -0.119. The van der Waals surface area contributed by atoms with Gasteiger partial charge in [-0.3, -0.25) is 4.79 Å². The molecule has 13 heavy (non-hydrogen) atoms. The molecule has 1 heterocycles. The van der Waals surface area contributed by atoms with E-state index in [0.717, 1.165) is 0 Å². The van der Waals surface area contributed by atoms with E-state index < -0.39 is 0 Å². The Labute approximate surface area is 83.0 Å². The maximum atomic E-state index is 10.8. The number of hydrogen-bond donors (Lipinski definition) is 1. The molecule has 0 radical (unpaired) electrons. The highest BCUT2D eigenvalue weighted by atomic mass is 32.1. The van der Waals surface area contributed by atoms with Crippen LogP contribution in [0.25, 0.3) is 0 Å². The minimum Gasteiger partial charge on any atom is -0.355 e. The summed E-state index contributed by atoms with van der Waals surface area (Å²) < 4.78 is 0. The van der Waals surface area contributed by atoms with E-state index >= 15 is 0 Å². The van der Waals surface area contributed by atoms with Crippen molar-refractivity contribution in [2.45, 2.75) is 26.2 Å². The minimum atomic E-state index is 0.0321. The van der Waals surface area contributed by atoms with Gasteiger partial charge in [-0.05, 0) is 11.4 Å². The standard InChI is InChI=1S/C10H15NOS/c1-8(12)11-7-10(2,3)9-5-4-6-13-9/h4-6H,7H2,1-3H3,(H,11,12). The van der Waals surface area contributed by atoms with E-state index in [9.17, 15) is 4.79 Å². The second kappa shape index (κ2) is 3.92. The Kier molecular flexibility index (Phi) is 3.09. The summed E-state index contributed by atoms with van der Waals surface area (Å²) in [6.07, 6.45) is 0. The molecule has 0 saturated carbocycles. The summed E-state index contributed by atoms with van der Waals surface area (Å²) in [5.74, 6) is 0.0321. The van der Waals surface area contributed by atoms with Crippen molar-refractivity contribution in [2.75, 3.05) is 6.54 Å².